The number of carbonyl (C=O) groups is 2. The SMILES string of the molecule is N#C/C(=C\c1ccc2c(c1)c1cc(/C=C(\C#N)C(=O)O)ccc1n2CCCCCCCCCCCOc1ccc(/C=C/c2ccc([N+](=O)[O-])cc2)cc1)C(=O)O. The predicted octanol–water partition coefficient (Wildman–Crippen LogP) is 10.4. The summed E-state index contributed by atoms with van der Waals surface area (Å²) in [5.41, 5.74) is 4.24. The fourth-order valence-electron chi connectivity index (χ4n) is 6.55. The number of ether oxygens (including phenoxy) is 1. The van der Waals surface area contributed by atoms with E-state index in [2.05, 4.69) is 4.57 Å². The van der Waals surface area contributed by atoms with E-state index in [-0.39, 0.29) is 16.8 Å². The van der Waals surface area contributed by atoms with Crippen LogP contribution in [0, 0.1) is 32.8 Å². The zero-order chi connectivity index (χ0) is 39.9. The molecule has 0 saturated carbocycles. The van der Waals surface area contributed by atoms with Gasteiger partial charge in [-0.2, -0.15) is 10.5 Å². The third kappa shape index (κ3) is 11.0. The lowest BCUT2D eigenvalue weighted by molar-refractivity contribution is -0.384. The summed E-state index contributed by atoms with van der Waals surface area (Å²) in [6.45, 7) is 1.44. The Morgan fingerprint density at radius 3 is 1.52 bits per heavy atom. The monoisotopic (exact) mass is 750 g/mol. The van der Waals surface area contributed by atoms with Gasteiger partial charge in [-0.3, -0.25) is 10.1 Å². The van der Waals surface area contributed by atoms with Gasteiger partial charge in [-0.1, -0.05) is 81.4 Å². The van der Waals surface area contributed by atoms with Crippen molar-refractivity contribution in [2.24, 2.45) is 0 Å². The molecular weight excluding hydrogens is 709 g/mol. The highest BCUT2D eigenvalue weighted by Gasteiger charge is 2.14. The molecule has 2 N–H and O–H groups in total. The first-order valence-electron chi connectivity index (χ1n) is 18.6. The average molecular weight is 751 g/mol. The summed E-state index contributed by atoms with van der Waals surface area (Å²) >= 11 is 0. The van der Waals surface area contributed by atoms with Crippen LogP contribution in [-0.4, -0.2) is 38.2 Å². The highest BCUT2D eigenvalue weighted by atomic mass is 16.6. The van der Waals surface area contributed by atoms with Gasteiger partial charge in [0.05, 0.1) is 11.5 Å². The number of unbranched alkanes of at least 4 members (excludes halogenated alkanes) is 8. The maximum absolute atomic E-state index is 11.4. The Labute approximate surface area is 324 Å². The first-order valence-corrected chi connectivity index (χ1v) is 18.6. The molecule has 284 valence electrons. The van der Waals surface area contributed by atoms with Crippen LogP contribution in [0.25, 0.3) is 46.1 Å². The van der Waals surface area contributed by atoms with Crippen molar-refractivity contribution in [3.8, 4) is 17.9 Å². The molecular formula is C45H42N4O7. The molecule has 5 aromatic rings. The summed E-state index contributed by atoms with van der Waals surface area (Å²) in [5.74, 6) is -1.78. The minimum atomic E-state index is -1.31. The number of nitriles is 2. The van der Waals surface area contributed by atoms with E-state index in [4.69, 9.17) is 4.74 Å². The van der Waals surface area contributed by atoms with Crippen molar-refractivity contribution in [1.82, 2.24) is 4.57 Å². The van der Waals surface area contributed by atoms with E-state index in [9.17, 15) is 40.4 Å². The molecule has 11 nitrogen and oxygen atoms in total. The molecule has 0 fully saturated rings. The van der Waals surface area contributed by atoms with Crippen LogP contribution in [0.1, 0.15) is 80.0 Å². The van der Waals surface area contributed by atoms with Crippen LogP contribution in [0.5, 0.6) is 5.75 Å². The molecule has 0 aliphatic heterocycles. The average Bonchev–Trinajstić information content (AvgIpc) is 3.50. The van der Waals surface area contributed by atoms with Gasteiger partial charge in [0.1, 0.15) is 29.0 Å². The van der Waals surface area contributed by atoms with Gasteiger partial charge in [0.25, 0.3) is 5.69 Å². The Balaban J connectivity index is 1.05. The number of aryl methyl sites for hydroxylation is 1. The second-order valence-electron chi connectivity index (χ2n) is 13.4. The number of hydrogen-bond donors (Lipinski definition) is 2. The van der Waals surface area contributed by atoms with Crippen molar-refractivity contribution in [2.75, 3.05) is 6.61 Å². The van der Waals surface area contributed by atoms with Crippen LogP contribution < -0.4 is 4.74 Å². The summed E-state index contributed by atoms with van der Waals surface area (Å²) in [5, 5.41) is 49.7. The number of nitrogens with zero attached hydrogens (tertiary/aromatic N) is 4. The summed E-state index contributed by atoms with van der Waals surface area (Å²) in [7, 11) is 0. The Morgan fingerprint density at radius 2 is 1.07 bits per heavy atom. The van der Waals surface area contributed by atoms with Gasteiger partial charge in [-0.05, 0) is 95.8 Å². The lowest BCUT2D eigenvalue weighted by Gasteiger charge is -2.08. The van der Waals surface area contributed by atoms with Crippen LogP contribution in [0.15, 0.2) is 96.1 Å². The molecule has 0 unspecified atom stereocenters. The lowest BCUT2D eigenvalue weighted by Crippen LogP contribution is -1.99. The molecule has 1 heterocycles. The van der Waals surface area contributed by atoms with Gasteiger partial charge in [0.15, 0.2) is 0 Å². The zero-order valence-electron chi connectivity index (χ0n) is 30.9. The van der Waals surface area contributed by atoms with Gasteiger partial charge in [-0.25, -0.2) is 9.59 Å². The third-order valence-corrected chi connectivity index (χ3v) is 9.48. The number of non-ortho nitro benzene ring substituents is 1. The van der Waals surface area contributed by atoms with Crippen molar-refractivity contribution in [3.05, 3.63) is 128 Å². The van der Waals surface area contributed by atoms with Gasteiger partial charge in [0.2, 0.25) is 0 Å². The molecule has 0 amide bonds. The molecule has 56 heavy (non-hydrogen) atoms. The van der Waals surface area contributed by atoms with Crippen molar-refractivity contribution >= 4 is 63.7 Å². The second-order valence-corrected chi connectivity index (χ2v) is 13.4. The molecule has 11 heteroatoms. The molecule has 1 aromatic heterocycles. The number of benzene rings is 4. The Morgan fingerprint density at radius 1 is 0.643 bits per heavy atom. The molecule has 0 atom stereocenters. The number of carboxylic acids is 2. The highest BCUT2D eigenvalue weighted by Crippen LogP contribution is 2.32. The number of nitro benzene ring substituents is 1. The van der Waals surface area contributed by atoms with Gasteiger partial charge in [0, 0.05) is 40.5 Å². The number of fused-ring (bicyclic) bond motifs is 3. The summed E-state index contributed by atoms with van der Waals surface area (Å²) < 4.78 is 8.14. The van der Waals surface area contributed by atoms with Crippen LogP contribution in [0.4, 0.5) is 5.69 Å². The van der Waals surface area contributed by atoms with Crippen LogP contribution >= 0.6 is 0 Å². The smallest absolute Gasteiger partial charge is 0.346 e. The second kappa shape index (κ2) is 19.9. The summed E-state index contributed by atoms with van der Waals surface area (Å²) in [6.07, 6.45) is 16.5. The zero-order valence-corrected chi connectivity index (χ0v) is 30.9. The van der Waals surface area contributed by atoms with E-state index in [1.165, 1.54) is 37.1 Å². The van der Waals surface area contributed by atoms with Gasteiger partial charge < -0.3 is 19.5 Å². The first kappa shape index (κ1) is 40.2. The van der Waals surface area contributed by atoms with Crippen molar-refractivity contribution in [1.29, 1.82) is 10.5 Å². The topological polar surface area (TPSA) is 179 Å². The quantitative estimate of drug-likeness (QED) is 0.0195. The molecule has 0 saturated heterocycles. The number of aliphatic carboxylic acids is 2. The molecule has 5 rings (SSSR count). The van der Waals surface area contributed by atoms with E-state index in [0.717, 1.165) is 90.2 Å². The number of nitro groups is 1. The number of hydrogen-bond acceptors (Lipinski definition) is 7. The van der Waals surface area contributed by atoms with E-state index in [1.54, 1.807) is 36.4 Å². The Bertz CT molecular complexity index is 2280. The van der Waals surface area contributed by atoms with E-state index >= 15 is 0 Å². The van der Waals surface area contributed by atoms with E-state index in [0.29, 0.717) is 17.7 Å². The molecule has 0 aliphatic rings. The summed E-state index contributed by atoms with van der Waals surface area (Å²) in [4.78, 5) is 33.3. The van der Waals surface area contributed by atoms with Crippen molar-refractivity contribution in [2.45, 2.75) is 64.3 Å². The largest absolute Gasteiger partial charge is 0.494 e. The van der Waals surface area contributed by atoms with E-state index in [1.807, 2.05) is 60.7 Å². The molecule has 0 spiro atoms. The Kier molecular flexibility index (Phi) is 14.3. The first-order chi connectivity index (χ1) is 27.2. The van der Waals surface area contributed by atoms with E-state index < -0.39 is 16.9 Å². The summed E-state index contributed by atoms with van der Waals surface area (Å²) in [6, 6.07) is 28.8. The lowest BCUT2D eigenvalue weighted by atomic mass is 10.0. The minimum Gasteiger partial charge on any atom is -0.494 e. The van der Waals surface area contributed by atoms with Crippen molar-refractivity contribution in [3.63, 3.8) is 0 Å². The van der Waals surface area contributed by atoms with Gasteiger partial charge >= 0.3 is 11.9 Å². The normalized spacial score (nSPS) is 11.8. The standard InChI is InChI=1S/C45H42N4O7/c46-30-36(44(50)51)26-34-16-22-42-40(28-34)41-29-35(27-37(31-47)45(52)53)17-23-43(41)48(42)24-8-6-4-2-1-3-5-7-9-25-56-39-20-14-33(15-21-39)11-10-32-12-18-38(19-13-32)49(54)55/h10-23,26-29H,1-9,24-25H2,(H,50,51)(H,52,53)/b11-10+,36-26+,37-27+. The molecule has 0 radical (unpaired) electrons. The number of rotatable bonds is 20. The number of carboxylic acid groups (broad SMARTS) is 2. The maximum atomic E-state index is 11.4. The van der Waals surface area contributed by atoms with Crippen LogP contribution in [0.2, 0.25) is 0 Å². The molecule has 0 aliphatic carbocycles. The van der Waals surface area contributed by atoms with Crippen LogP contribution in [-0.2, 0) is 16.1 Å². The fraction of sp³-hybridized carbons (Fsp3) is 0.244. The van der Waals surface area contributed by atoms with Crippen LogP contribution in [0.3, 0.4) is 0 Å². The third-order valence-electron chi connectivity index (χ3n) is 9.48. The Hall–Kier alpha value is -6.98. The highest BCUT2D eigenvalue weighted by molar-refractivity contribution is 6.10. The molecule has 0 bridgehead atoms. The minimum absolute atomic E-state index is 0.0726. The maximum Gasteiger partial charge on any atom is 0.346 e. The predicted molar refractivity (Wildman–Crippen MR) is 217 cm³/mol. The molecule has 4 aromatic carbocycles. The number of aromatic nitrogens is 1. The van der Waals surface area contributed by atoms with Gasteiger partial charge in [-0.15, -0.1) is 0 Å². The van der Waals surface area contributed by atoms with Crippen molar-refractivity contribution < 1.29 is 29.5 Å². The fourth-order valence-corrected chi connectivity index (χ4v) is 6.55.